The largest absolute Gasteiger partial charge is 0.490 e. The van der Waals surface area contributed by atoms with Crippen molar-refractivity contribution < 1.29 is 27.2 Å². The van der Waals surface area contributed by atoms with Crippen LogP contribution in [0, 0.1) is 0 Å². The highest BCUT2D eigenvalue weighted by Crippen LogP contribution is 2.25. The van der Waals surface area contributed by atoms with Crippen LogP contribution in [0.2, 0.25) is 0 Å². The smallest absolute Gasteiger partial charge is 0.325 e. The lowest BCUT2D eigenvalue weighted by Gasteiger charge is -2.14. The van der Waals surface area contributed by atoms with Crippen molar-refractivity contribution in [1.29, 1.82) is 0 Å². The van der Waals surface area contributed by atoms with Crippen LogP contribution in [0.4, 0.5) is 4.79 Å². The Kier molecular flexibility index (Phi) is 5.68. The maximum atomic E-state index is 12.6. The number of ether oxygens (including phenoxy) is 1. The minimum atomic E-state index is -3.82. The second-order valence-electron chi connectivity index (χ2n) is 7.12. The van der Waals surface area contributed by atoms with E-state index in [0.717, 1.165) is 25.7 Å². The first-order valence-corrected chi connectivity index (χ1v) is 11.0. The van der Waals surface area contributed by atoms with E-state index in [1.54, 1.807) is 12.1 Å². The summed E-state index contributed by atoms with van der Waals surface area (Å²) in [5, 5.41) is 9.69. The number of nitrogens with zero attached hydrogens (tertiary/aromatic N) is 3. The summed E-state index contributed by atoms with van der Waals surface area (Å²) in [7, 11) is -3.82. The quantitative estimate of drug-likeness (QED) is 0.583. The SMILES string of the molecule is O=C1CN(Cc2nnc(CNS(=O)(=O)c3cccc(OC4CCCC4)c3)o2)C(=O)N1. The van der Waals surface area contributed by atoms with Crippen LogP contribution in [-0.4, -0.2) is 48.1 Å². The van der Waals surface area contributed by atoms with Gasteiger partial charge < -0.3 is 14.1 Å². The molecule has 1 aliphatic carbocycles. The van der Waals surface area contributed by atoms with Gasteiger partial charge in [0.05, 0.1) is 17.5 Å². The number of hydrogen-bond donors (Lipinski definition) is 2. The van der Waals surface area contributed by atoms with Crippen LogP contribution in [0.1, 0.15) is 37.5 Å². The Morgan fingerprint density at radius 3 is 2.70 bits per heavy atom. The topological polar surface area (TPSA) is 144 Å². The molecule has 2 aliphatic rings. The number of hydrogen-bond acceptors (Lipinski definition) is 8. The van der Waals surface area contributed by atoms with E-state index in [0.29, 0.717) is 5.75 Å². The molecule has 2 N–H and O–H groups in total. The summed E-state index contributed by atoms with van der Waals surface area (Å²) in [6.07, 6.45) is 4.31. The van der Waals surface area contributed by atoms with Gasteiger partial charge in [0.2, 0.25) is 27.7 Å². The monoisotopic (exact) mass is 435 g/mol. The molecule has 2 heterocycles. The van der Waals surface area contributed by atoms with Crippen LogP contribution in [0.3, 0.4) is 0 Å². The minimum Gasteiger partial charge on any atom is -0.490 e. The fraction of sp³-hybridized carbons (Fsp3) is 0.444. The molecule has 0 spiro atoms. The Morgan fingerprint density at radius 2 is 1.97 bits per heavy atom. The fourth-order valence-corrected chi connectivity index (χ4v) is 4.36. The molecule has 1 saturated heterocycles. The number of benzene rings is 1. The zero-order valence-corrected chi connectivity index (χ0v) is 16.9. The molecule has 4 rings (SSSR count). The van der Waals surface area contributed by atoms with Crippen molar-refractivity contribution in [2.75, 3.05) is 6.54 Å². The maximum absolute atomic E-state index is 12.6. The molecule has 1 aliphatic heterocycles. The van der Waals surface area contributed by atoms with Crippen LogP contribution in [0.5, 0.6) is 5.75 Å². The molecule has 0 radical (unpaired) electrons. The highest BCUT2D eigenvalue weighted by Gasteiger charge is 2.28. The van der Waals surface area contributed by atoms with Gasteiger partial charge in [-0.2, -0.15) is 0 Å². The third kappa shape index (κ3) is 4.76. The molecule has 1 aromatic heterocycles. The second kappa shape index (κ2) is 8.40. The number of imide groups is 1. The van der Waals surface area contributed by atoms with Crippen molar-refractivity contribution >= 4 is 22.0 Å². The number of urea groups is 1. The summed E-state index contributed by atoms with van der Waals surface area (Å²) in [4.78, 5) is 24.0. The van der Waals surface area contributed by atoms with Gasteiger partial charge in [-0.25, -0.2) is 17.9 Å². The van der Waals surface area contributed by atoms with E-state index in [2.05, 4.69) is 20.2 Å². The van der Waals surface area contributed by atoms with E-state index in [1.807, 2.05) is 0 Å². The molecular formula is C18H21N5O6S. The minimum absolute atomic E-state index is 0.0397. The average molecular weight is 435 g/mol. The summed E-state index contributed by atoms with van der Waals surface area (Å²) in [5.74, 6) is 0.244. The lowest BCUT2D eigenvalue weighted by atomic mass is 10.3. The standard InChI is InChI=1S/C18H21N5O6S/c24-15-10-23(18(25)20-15)11-17-22-21-16(29-17)9-19-30(26,27)14-7-3-6-13(8-14)28-12-4-1-2-5-12/h3,6-8,12,19H,1-2,4-5,9-11H2,(H,20,24,25). The number of carbonyl (C=O) groups excluding carboxylic acids is 2. The lowest BCUT2D eigenvalue weighted by Crippen LogP contribution is -2.27. The molecule has 0 atom stereocenters. The number of carbonyl (C=O) groups is 2. The molecule has 12 heteroatoms. The maximum Gasteiger partial charge on any atom is 0.325 e. The van der Waals surface area contributed by atoms with Crippen molar-refractivity contribution in [2.24, 2.45) is 0 Å². The summed E-state index contributed by atoms with van der Waals surface area (Å²) in [5.41, 5.74) is 0. The van der Waals surface area contributed by atoms with Gasteiger partial charge in [-0.3, -0.25) is 10.1 Å². The van der Waals surface area contributed by atoms with E-state index >= 15 is 0 Å². The molecule has 11 nitrogen and oxygen atoms in total. The number of sulfonamides is 1. The summed E-state index contributed by atoms with van der Waals surface area (Å²) < 4.78 is 38.8. The van der Waals surface area contributed by atoms with E-state index in [1.165, 1.54) is 17.0 Å². The second-order valence-corrected chi connectivity index (χ2v) is 8.89. The van der Waals surface area contributed by atoms with Crippen LogP contribution < -0.4 is 14.8 Å². The zero-order valence-electron chi connectivity index (χ0n) is 16.0. The lowest BCUT2D eigenvalue weighted by molar-refractivity contribution is -0.118. The Morgan fingerprint density at radius 1 is 1.20 bits per heavy atom. The summed E-state index contributed by atoms with van der Waals surface area (Å²) in [6, 6.07) is 5.79. The Labute approximate surface area is 172 Å². The molecule has 0 unspecified atom stereocenters. The number of nitrogens with one attached hydrogen (secondary N) is 2. The van der Waals surface area contributed by atoms with Crippen molar-refractivity contribution in [3.8, 4) is 5.75 Å². The highest BCUT2D eigenvalue weighted by molar-refractivity contribution is 7.89. The van der Waals surface area contributed by atoms with Crippen molar-refractivity contribution in [2.45, 2.75) is 49.8 Å². The van der Waals surface area contributed by atoms with Gasteiger partial charge in [-0.15, -0.1) is 10.2 Å². The molecule has 3 amide bonds. The van der Waals surface area contributed by atoms with E-state index in [4.69, 9.17) is 9.15 Å². The van der Waals surface area contributed by atoms with Gasteiger partial charge in [-0.05, 0) is 37.8 Å². The number of rotatable bonds is 8. The fourth-order valence-electron chi connectivity index (χ4n) is 3.35. The first-order chi connectivity index (χ1) is 14.4. The van der Waals surface area contributed by atoms with E-state index < -0.39 is 22.0 Å². The van der Waals surface area contributed by atoms with Gasteiger partial charge in [0.1, 0.15) is 18.8 Å². The third-order valence-electron chi connectivity index (χ3n) is 4.84. The molecule has 2 aromatic rings. The molecular weight excluding hydrogens is 414 g/mol. The summed E-state index contributed by atoms with van der Waals surface area (Å²) >= 11 is 0. The molecule has 30 heavy (non-hydrogen) atoms. The molecule has 0 bridgehead atoms. The first-order valence-electron chi connectivity index (χ1n) is 9.55. The number of amides is 3. The van der Waals surface area contributed by atoms with Crippen LogP contribution >= 0.6 is 0 Å². The predicted octanol–water partition coefficient (Wildman–Crippen LogP) is 0.921. The third-order valence-corrected chi connectivity index (χ3v) is 6.24. The van der Waals surface area contributed by atoms with Crippen LogP contribution in [-0.2, 0) is 27.9 Å². The molecule has 2 fully saturated rings. The van der Waals surface area contributed by atoms with Gasteiger partial charge in [0.25, 0.3) is 0 Å². The average Bonchev–Trinajstić information content (AvgIpc) is 3.44. The van der Waals surface area contributed by atoms with Crippen LogP contribution in [0.25, 0.3) is 0 Å². The normalized spacial score (nSPS) is 17.5. The van der Waals surface area contributed by atoms with Crippen molar-refractivity contribution in [1.82, 2.24) is 25.1 Å². The van der Waals surface area contributed by atoms with Gasteiger partial charge >= 0.3 is 6.03 Å². The Hall–Kier alpha value is -2.99. The molecule has 1 aromatic carbocycles. The van der Waals surface area contributed by atoms with Crippen LogP contribution in [0.15, 0.2) is 33.6 Å². The Bertz CT molecular complexity index is 1050. The van der Waals surface area contributed by atoms with E-state index in [-0.39, 0.29) is 42.4 Å². The van der Waals surface area contributed by atoms with Crippen molar-refractivity contribution in [3.05, 3.63) is 36.0 Å². The Balaban J connectivity index is 1.35. The van der Waals surface area contributed by atoms with Crippen molar-refractivity contribution in [3.63, 3.8) is 0 Å². The summed E-state index contributed by atoms with van der Waals surface area (Å²) in [6.45, 7) is -0.353. The van der Waals surface area contributed by atoms with Gasteiger partial charge in [0.15, 0.2) is 0 Å². The molecule has 1 saturated carbocycles. The first kappa shape index (κ1) is 20.3. The van der Waals surface area contributed by atoms with Gasteiger partial charge in [0, 0.05) is 6.07 Å². The number of aromatic nitrogens is 2. The zero-order chi connectivity index (χ0) is 21.1. The highest BCUT2D eigenvalue weighted by atomic mass is 32.2. The predicted molar refractivity (Wildman–Crippen MR) is 102 cm³/mol. The van der Waals surface area contributed by atoms with Gasteiger partial charge in [-0.1, -0.05) is 6.07 Å². The molecule has 160 valence electrons. The van der Waals surface area contributed by atoms with E-state index in [9.17, 15) is 18.0 Å².